The topological polar surface area (TPSA) is 60.2 Å². The highest BCUT2D eigenvalue weighted by Crippen LogP contribution is 2.33. The maximum absolute atomic E-state index is 11.3. The summed E-state index contributed by atoms with van der Waals surface area (Å²) in [6.45, 7) is 0. The van der Waals surface area contributed by atoms with Crippen LogP contribution in [0.25, 0.3) is 0 Å². The summed E-state index contributed by atoms with van der Waals surface area (Å²) in [5.74, 6) is 0.869. The van der Waals surface area contributed by atoms with Gasteiger partial charge in [0.15, 0.2) is 9.84 Å². The molecular weight excluding hydrogens is 310 g/mol. The molecule has 2 unspecified atom stereocenters. The fourth-order valence-electron chi connectivity index (χ4n) is 2.09. The molecular formula is C10H14BrNO2S2. The molecule has 1 aromatic rings. The molecule has 6 heteroatoms. The van der Waals surface area contributed by atoms with E-state index in [-0.39, 0.29) is 12.0 Å². The van der Waals surface area contributed by atoms with Crippen molar-refractivity contribution in [1.82, 2.24) is 0 Å². The zero-order valence-electron chi connectivity index (χ0n) is 8.73. The van der Waals surface area contributed by atoms with E-state index < -0.39 is 9.84 Å². The lowest BCUT2D eigenvalue weighted by molar-refractivity contribution is 0.484. The molecule has 2 atom stereocenters. The van der Waals surface area contributed by atoms with Crippen molar-refractivity contribution in [2.45, 2.75) is 18.9 Å². The first-order chi connectivity index (χ1) is 7.48. The Hall–Kier alpha value is 0.0900. The van der Waals surface area contributed by atoms with Crippen LogP contribution >= 0.6 is 27.3 Å². The molecule has 2 rings (SSSR count). The lowest BCUT2D eigenvalue weighted by Gasteiger charge is -2.14. The Bertz CT molecular complexity index is 469. The molecule has 2 N–H and O–H groups in total. The molecule has 1 aliphatic rings. The average molecular weight is 324 g/mol. The Labute approximate surface area is 108 Å². The first-order valence-corrected chi connectivity index (χ1v) is 8.66. The van der Waals surface area contributed by atoms with Gasteiger partial charge in [0.05, 0.1) is 11.5 Å². The number of hydrogen-bond donors (Lipinski definition) is 1. The zero-order chi connectivity index (χ0) is 11.8. The maximum Gasteiger partial charge on any atom is 0.150 e. The van der Waals surface area contributed by atoms with Crippen LogP contribution in [-0.2, 0) is 9.84 Å². The summed E-state index contributed by atoms with van der Waals surface area (Å²) < 4.78 is 23.7. The van der Waals surface area contributed by atoms with Crippen molar-refractivity contribution in [2.75, 3.05) is 11.5 Å². The molecule has 1 saturated heterocycles. The molecule has 0 aromatic carbocycles. The average Bonchev–Trinajstić information content (AvgIpc) is 2.72. The predicted molar refractivity (Wildman–Crippen MR) is 70.3 cm³/mol. The van der Waals surface area contributed by atoms with Gasteiger partial charge in [-0.3, -0.25) is 0 Å². The standard InChI is InChI=1S/C10H14BrNO2S2/c11-8-1-3-15-10(8)9(12)5-7-2-4-16(13,14)6-7/h1,3,7,9H,2,4-6,12H2. The van der Waals surface area contributed by atoms with Crippen molar-refractivity contribution in [3.63, 3.8) is 0 Å². The zero-order valence-corrected chi connectivity index (χ0v) is 11.9. The number of sulfone groups is 1. The van der Waals surface area contributed by atoms with Crippen LogP contribution in [0.4, 0.5) is 0 Å². The van der Waals surface area contributed by atoms with E-state index in [1.54, 1.807) is 11.3 Å². The largest absolute Gasteiger partial charge is 0.323 e. The molecule has 2 heterocycles. The number of rotatable bonds is 3. The highest BCUT2D eigenvalue weighted by molar-refractivity contribution is 9.10. The summed E-state index contributed by atoms with van der Waals surface area (Å²) in [5, 5.41) is 1.99. The van der Waals surface area contributed by atoms with Crippen LogP contribution in [0.5, 0.6) is 0 Å². The van der Waals surface area contributed by atoms with Crippen LogP contribution < -0.4 is 5.73 Å². The molecule has 3 nitrogen and oxygen atoms in total. The van der Waals surface area contributed by atoms with E-state index in [2.05, 4.69) is 15.9 Å². The number of thiophene rings is 1. The van der Waals surface area contributed by atoms with Crippen LogP contribution in [0, 0.1) is 5.92 Å². The molecule has 90 valence electrons. The third kappa shape index (κ3) is 2.85. The van der Waals surface area contributed by atoms with Crippen molar-refractivity contribution in [3.8, 4) is 0 Å². The minimum atomic E-state index is -2.78. The lowest BCUT2D eigenvalue weighted by Crippen LogP contribution is -2.15. The normalized spacial score (nSPS) is 25.8. The molecule has 1 aliphatic heterocycles. The predicted octanol–water partition coefficient (Wildman–Crippen LogP) is 2.34. The molecule has 0 spiro atoms. The summed E-state index contributed by atoms with van der Waals surface area (Å²) in [4.78, 5) is 1.12. The lowest BCUT2D eigenvalue weighted by atomic mass is 9.99. The van der Waals surface area contributed by atoms with Crippen LogP contribution in [-0.4, -0.2) is 19.9 Å². The second-order valence-electron chi connectivity index (χ2n) is 4.24. The molecule has 0 radical (unpaired) electrons. The van der Waals surface area contributed by atoms with Gasteiger partial charge in [0.2, 0.25) is 0 Å². The van der Waals surface area contributed by atoms with Gasteiger partial charge in [0.25, 0.3) is 0 Å². The SMILES string of the molecule is NC(CC1CCS(=O)(=O)C1)c1sccc1Br. The minimum absolute atomic E-state index is 0.0484. The Morgan fingerprint density at radius 1 is 1.62 bits per heavy atom. The highest BCUT2D eigenvalue weighted by Gasteiger charge is 2.29. The molecule has 16 heavy (non-hydrogen) atoms. The first-order valence-electron chi connectivity index (χ1n) is 5.17. The van der Waals surface area contributed by atoms with E-state index in [0.29, 0.717) is 11.5 Å². The monoisotopic (exact) mass is 323 g/mol. The second-order valence-corrected chi connectivity index (χ2v) is 8.27. The van der Waals surface area contributed by atoms with Crippen molar-refractivity contribution >= 4 is 37.1 Å². The van der Waals surface area contributed by atoms with E-state index in [1.807, 2.05) is 11.4 Å². The van der Waals surface area contributed by atoms with Gasteiger partial charge < -0.3 is 5.73 Å². The molecule has 1 aromatic heterocycles. The van der Waals surface area contributed by atoms with Crippen molar-refractivity contribution < 1.29 is 8.42 Å². The van der Waals surface area contributed by atoms with Crippen LogP contribution in [0.3, 0.4) is 0 Å². The van der Waals surface area contributed by atoms with Gasteiger partial charge in [-0.25, -0.2) is 8.42 Å². The van der Waals surface area contributed by atoms with Gasteiger partial charge in [0, 0.05) is 15.4 Å². The van der Waals surface area contributed by atoms with Crippen LogP contribution in [0.2, 0.25) is 0 Å². The van der Waals surface area contributed by atoms with E-state index in [9.17, 15) is 8.42 Å². The van der Waals surface area contributed by atoms with Gasteiger partial charge in [-0.1, -0.05) is 0 Å². The summed E-state index contributed by atoms with van der Waals surface area (Å²) in [6.07, 6.45) is 1.53. The van der Waals surface area contributed by atoms with E-state index in [0.717, 1.165) is 22.2 Å². The van der Waals surface area contributed by atoms with Gasteiger partial charge in [-0.05, 0) is 46.1 Å². The van der Waals surface area contributed by atoms with Crippen LogP contribution in [0.1, 0.15) is 23.8 Å². The minimum Gasteiger partial charge on any atom is -0.323 e. The number of nitrogens with two attached hydrogens (primary N) is 1. The summed E-state index contributed by atoms with van der Waals surface area (Å²) >= 11 is 5.07. The van der Waals surface area contributed by atoms with Gasteiger partial charge in [0.1, 0.15) is 0 Å². The third-order valence-corrected chi connectivity index (χ3v) is 6.74. The third-order valence-electron chi connectivity index (χ3n) is 2.90. The van der Waals surface area contributed by atoms with Crippen molar-refractivity contribution in [1.29, 1.82) is 0 Å². The molecule has 0 aliphatic carbocycles. The van der Waals surface area contributed by atoms with Gasteiger partial charge in [-0.2, -0.15) is 0 Å². The molecule has 0 amide bonds. The van der Waals surface area contributed by atoms with Crippen LogP contribution in [0.15, 0.2) is 15.9 Å². The van der Waals surface area contributed by atoms with Gasteiger partial charge >= 0.3 is 0 Å². The fraction of sp³-hybridized carbons (Fsp3) is 0.600. The summed E-state index contributed by atoms with van der Waals surface area (Å²) in [7, 11) is -2.78. The van der Waals surface area contributed by atoms with Crippen molar-refractivity contribution in [2.24, 2.45) is 11.7 Å². The van der Waals surface area contributed by atoms with E-state index in [1.165, 1.54) is 0 Å². The highest BCUT2D eigenvalue weighted by atomic mass is 79.9. The smallest absolute Gasteiger partial charge is 0.150 e. The molecule has 1 fully saturated rings. The Kier molecular flexibility index (Phi) is 3.73. The Morgan fingerprint density at radius 2 is 2.38 bits per heavy atom. The van der Waals surface area contributed by atoms with E-state index >= 15 is 0 Å². The molecule has 0 bridgehead atoms. The maximum atomic E-state index is 11.3. The fourth-order valence-corrected chi connectivity index (χ4v) is 5.66. The summed E-state index contributed by atoms with van der Waals surface area (Å²) in [6, 6.07) is 1.93. The van der Waals surface area contributed by atoms with Gasteiger partial charge in [-0.15, -0.1) is 11.3 Å². The first kappa shape index (κ1) is 12.5. The van der Waals surface area contributed by atoms with E-state index in [4.69, 9.17) is 5.73 Å². The Morgan fingerprint density at radius 3 is 2.88 bits per heavy atom. The Balaban J connectivity index is 1.99. The number of halogens is 1. The number of hydrogen-bond acceptors (Lipinski definition) is 4. The van der Waals surface area contributed by atoms with Crippen molar-refractivity contribution in [3.05, 3.63) is 20.8 Å². The second kappa shape index (κ2) is 4.76. The molecule has 0 saturated carbocycles. The summed E-state index contributed by atoms with van der Waals surface area (Å²) in [5.41, 5.74) is 6.09. The quantitative estimate of drug-likeness (QED) is 0.928.